The van der Waals surface area contributed by atoms with Crippen LogP contribution in [0.4, 0.5) is 5.69 Å². The molecule has 0 spiro atoms. The zero-order valence-electron chi connectivity index (χ0n) is 19.1. The van der Waals surface area contributed by atoms with Gasteiger partial charge in [-0.2, -0.15) is 0 Å². The molecule has 0 saturated carbocycles. The van der Waals surface area contributed by atoms with Gasteiger partial charge in [-0.3, -0.25) is 9.69 Å². The zero-order valence-corrected chi connectivity index (χ0v) is 22.1. The predicted octanol–water partition coefficient (Wildman–Crippen LogP) is 5.35. The number of thioether (sulfide) groups is 1. The van der Waals surface area contributed by atoms with E-state index in [1.165, 1.54) is 11.8 Å². The van der Waals surface area contributed by atoms with Crippen molar-refractivity contribution in [3.05, 3.63) is 50.4 Å². The number of hydrogen-bond donors (Lipinski definition) is 0. The summed E-state index contributed by atoms with van der Waals surface area (Å²) < 4.78 is 22.9. The van der Waals surface area contributed by atoms with Gasteiger partial charge < -0.3 is 18.9 Å². The Bertz CT molecular complexity index is 1040. The third-order valence-electron chi connectivity index (χ3n) is 4.62. The van der Waals surface area contributed by atoms with Crippen LogP contribution in [0.25, 0.3) is 6.08 Å². The molecule has 0 aromatic heterocycles. The predicted molar refractivity (Wildman–Crippen MR) is 141 cm³/mol. The van der Waals surface area contributed by atoms with E-state index < -0.39 is 0 Å². The molecule has 33 heavy (non-hydrogen) atoms. The smallest absolute Gasteiger partial charge is 0.266 e. The van der Waals surface area contributed by atoms with Crippen LogP contribution < -0.4 is 14.2 Å². The van der Waals surface area contributed by atoms with Crippen molar-refractivity contribution in [1.82, 2.24) is 4.90 Å². The number of amidine groups is 1. The van der Waals surface area contributed by atoms with E-state index in [-0.39, 0.29) is 5.91 Å². The molecule has 2 aromatic rings. The van der Waals surface area contributed by atoms with Crippen molar-refractivity contribution in [2.24, 2.45) is 4.99 Å². The van der Waals surface area contributed by atoms with Gasteiger partial charge in [0.25, 0.3) is 5.91 Å². The molecule has 1 saturated heterocycles. The number of hydrogen-bond acceptors (Lipinski definition) is 7. The van der Waals surface area contributed by atoms with Gasteiger partial charge in [0.1, 0.15) is 5.75 Å². The normalized spacial score (nSPS) is 16.0. The average Bonchev–Trinajstić information content (AvgIpc) is 3.09. The molecule has 2 aromatic carbocycles. The first-order chi connectivity index (χ1) is 16.0. The fourth-order valence-electron chi connectivity index (χ4n) is 3.11. The summed E-state index contributed by atoms with van der Waals surface area (Å²) >= 11 is 3.57. The Balaban J connectivity index is 1.95. The number of rotatable bonds is 10. The summed E-state index contributed by atoms with van der Waals surface area (Å²) in [5.41, 5.74) is 1.60. The zero-order chi connectivity index (χ0) is 23.8. The molecule has 1 aliphatic heterocycles. The lowest BCUT2D eigenvalue weighted by Crippen LogP contribution is -2.32. The minimum absolute atomic E-state index is 0.105. The van der Waals surface area contributed by atoms with Crippen LogP contribution >= 0.6 is 34.4 Å². The molecule has 0 unspecified atom stereocenters. The van der Waals surface area contributed by atoms with Gasteiger partial charge in [-0.05, 0) is 96.2 Å². The van der Waals surface area contributed by atoms with E-state index in [9.17, 15) is 4.79 Å². The van der Waals surface area contributed by atoms with Crippen molar-refractivity contribution in [1.29, 1.82) is 0 Å². The monoisotopic (exact) mass is 582 g/mol. The highest BCUT2D eigenvalue weighted by molar-refractivity contribution is 14.1. The first-order valence-electron chi connectivity index (χ1n) is 10.5. The lowest BCUT2D eigenvalue weighted by atomic mass is 10.2. The molecular formula is C24H27IN2O5S. The van der Waals surface area contributed by atoms with Crippen LogP contribution in [0.1, 0.15) is 19.4 Å². The van der Waals surface area contributed by atoms with Crippen molar-refractivity contribution < 1.29 is 23.7 Å². The Morgan fingerprint density at radius 3 is 2.45 bits per heavy atom. The van der Waals surface area contributed by atoms with Crippen LogP contribution in [-0.4, -0.2) is 56.6 Å². The fourth-order valence-corrected chi connectivity index (χ4v) is 4.91. The summed E-state index contributed by atoms with van der Waals surface area (Å²) in [6.07, 6.45) is 1.86. The van der Waals surface area contributed by atoms with E-state index in [4.69, 9.17) is 23.9 Å². The van der Waals surface area contributed by atoms with Gasteiger partial charge in [0, 0.05) is 7.11 Å². The van der Waals surface area contributed by atoms with E-state index in [0.717, 1.165) is 26.3 Å². The summed E-state index contributed by atoms with van der Waals surface area (Å²) in [4.78, 5) is 20.1. The molecule has 0 bridgehead atoms. The van der Waals surface area contributed by atoms with E-state index in [1.54, 1.807) is 19.1 Å². The summed E-state index contributed by atoms with van der Waals surface area (Å²) in [5.74, 6) is 2.03. The van der Waals surface area contributed by atoms with Gasteiger partial charge in [-0.15, -0.1) is 0 Å². The second-order valence-electron chi connectivity index (χ2n) is 6.85. The molecule has 9 heteroatoms. The number of benzene rings is 2. The molecule has 3 rings (SSSR count). The van der Waals surface area contributed by atoms with Crippen LogP contribution in [-0.2, 0) is 9.53 Å². The highest BCUT2D eigenvalue weighted by Crippen LogP contribution is 2.38. The third kappa shape index (κ3) is 6.42. The maximum atomic E-state index is 13.2. The molecule has 1 heterocycles. The molecule has 0 atom stereocenters. The van der Waals surface area contributed by atoms with Crippen molar-refractivity contribution in [3.8, 4) is 17.2 Å². The maximum absolute atomic E-state index is 13.2. The number of carbonyl (C=O) groups is 1. The lowest BCUT2D eigenvalue weighted by molar-refractivity contribution is -0.122. The molecule has 1 amide bonds. The fraction of sp³-hybridized carbons (Fsp3) is 0.333. The first kappa shape index (κ1) is 25.4. The van der Waals surface area contributed by atoms with Gasteiger partial charge in [0.05, 0.1) is 47.6 Å². The number of aliphatic imine (C=N–C) groups is 1. The molecule has 0 aliphatic carbocycles. The van der Waals surface area contributed by atoms with Gasteiger partial charge in [0.15, 0.2) is 16.7 Å². The van der Waals surface area contributed by atoms with E-state index >= 15 is 0 Å². The van der Waals surface area contributed by atoms with Crippen LogP contribution in [0.5, 0.6) is 17.2 Å². The van der Waals surface area contributed by atoms with Gasteiger partial charge in [-0.1, -0.05) is 0 Å². The molecule has 0 N–H and O–H groups in total. The first-order valence-corrected chi connectivity index (χ1v) is 12.4. The number of methoxy groups -OCH3 is 2. The number of carbonyl (C=O) groups excluding carboxylic acids is 1. The minimum Gasteiger partial charge on any atom is -0.497 e. The van der Waals surface area contributed by atoms with Crippen LogP contribution in [0.2, 0.25) is 0 Å². The SMILES string of the molecule is CCOc1cc(/C=C2\SC(=Nc3ccc(OC)cc3)N(CCOC)C2=O)cc(I)c1OCC. The van der Waals surface area contributed by atoms with E-state index in [1.807, 2.05) is 56.3 Å². The van der Waals surface area contributed by atoms with Gasteiger partial charge >= 0.3 is 0 Å². The number of ether oxygens (including phenoxy) is 4. The second-order valence-corrected chi connectivity index (χ2v) is 9.02. The van der Waals surface area contributed by atoms with E-state index in [0.29, 0.717) is 42.2 Å². The minimum atomic E-state index is -0.105. The largest absolute Gasteiger partial charge is 0.497 e. The summed E-state index contributed by atoms with van der Waals surface area (Å²) in [6, 6.07) is 11.3. The topological polar surface area (TPSA) is 69.6 Å². The molecule has 0 radical (unpaired) electrons. The molecular weight excluding hydrogens is 555 g/mol. The third-order valence-corrected chi connectivity index (χ3v) is 6.43. The Hall–Kier alpha value is -2.24. The van der Waals surface area contributed by atoms with Crippen LogP contribution in [0.15, 0.2) is 46.3 Å². The summed E-state index contributed by atoms with van der Waals surface area (Å²) in [7, 11) is 3.23. The molecule has 1 fully saturated rings. The Kier molecular flexibility index (Phi) is 9.45. The Labute approximate surface area is 212 Å². The Morgan fingerprint density at radius 1 is 1.09 bits per heavy atom. The number of nitrogens with zero attached hydrogens (tertiary/aromatic N) is 2. The number of amides is 1. The second kappa shape index (κ2) is 12.3. The Morgan fingerprint density at radius 2 is 1.82 bits per heavy atom. The van der Waals surface area contributed by atoms with Gasteiger partial charge in [0.2, 0.25) is 0 Å². The van der Waals surface area contributed by atoms with Crippen LogP contribution in [0, 0.1) is 3.57 Å². The summed E-state index contributed by atoms with van der Waals surface area (Å²) in [5, 5.41) is 0.610. The maximum Gasteiger partial charge on any atom is 0.266 e. The summed E-state index contributed by atoms with van der Waals surface area (Å²) in [6.45, 7) is 5.77. The lowest BCUT2D eigenvalue weighted by Gasteiger charge is -2.15. The van der Waals surface area contributed by atoms with Crippen molar-refractivity contribution in [2.45, 2.75) is 13.8 Å². The van der Waals surface area contributed by atoms with Crippen LogP contribution in [0.3, 0.4) is 0 Å². The molecule has 1 aliphatic rings. The molecule has 176 valence electrons. The quantitative estimate of drug-likeness (QED) is 0.278. The highest BCUT2D eigenvalue weighted by Gasteiger charge is 2.33. The van der Waals surface area contributed by atoms with Crippen molar-refractivity contribution in [3.63, 3.8) is 0 Å². The van der Waals surface area contributed by atoms with Crippen molar-refractivity contribution >= 4 is 57.2 Å². The van der Waals surface area contributed by atoms with Gasteiger partial charge in [-0.25, -0.2) is 4.99 Å². The highest BCUT2D eigenvalue weighted by atomic mass is 127. The van der Waals surface area contributed by atoms with Crippen molar-refractivity contribution in [2.75, 3.05) is 40.6 Å². The van der Waals surface area contributed by atoms with E-state index in [2.05, 4.69) is 22.6 Å². The average molecular weight is 582 g/mol. The number of halogens is 1. The standard InChI is InChI=1S/C24H27IN2O5S/c1-5-31-20-14-16(13-19(25)22(20)32-6-2)15-21-23(28)27(11-12-29-3)24(33-21)26-17-7-9-18(30-4)10-8-17/h7-10,13-15H,5-6,11-12H2,1-4H3/b21-15-,26-24?. The molecule has 7 nitrogen and oxygen atoms in total.